The zero-order valence-corrected chi connectivity index (χ0v) is 11.8. The van der Waals surface area contributed by atoms with E-state index in [1.807, 2.05) is 50.2 Å². The van der Waals surface area contributed by atoms with Crippen molar-refractivity contribution in [3.05, 3.63) is 59.7 Å². The molecule has 0 amide bonds. The smallest absolute Gasteiger partial charge is 0.314 e. The van der Waals surface area contributed by atoms with E-state index in [1.165, 1.54) is 0 Å². The molecule has 0 saturated heterocycles. The third-order valence-electron chi connectivity index (χ3n) is 3.13. The fourth-order valence-electron chi connectivity index (χ4n) is 1.98. The van der Waals surface area contributed by atoms with Crippen molar-refractivity contribution in [1.82, 2.24) is 0 Å². The molecule has 0 saturated carbocycles. The van der Waals surface area contributed by atoms with Gasteiger partial charge in [0.25, 0.3) is 0 Å². The Kier molecular flexibility index (Phi) is 4.41. The molecule has 0 aromatic heterocycles. The molecule has 3 heteroatoms. The van der Waals surface area contributed by atoms with Crippen molar-refractivity contribution in [1.29, 1.82) is 0 Å². The highest BCUT2D eigenvalue weighted by Crippen LogP contribution is 2.16. The highest BCUT2D eigenvalue weighted by atomic mass is 16.5. The molecule has 0 aliphatic heterocycles. The predicted molar refractivity (Wildman–Crippen MR) is 80.5 cm³/mol. The molecule has 1 atom stereocenters. The number of rotatable bonds is 4. The van der Waals surface area contributed by atoms with E-state index in [2.05, 4.69) is 0 Å². The van der Waals surface area contributed by atoms with Crippen LogP contribution in [0.2, 0.25) is 0 Å². The van der Waals surface area contributed by atoms with Crippen LogP contribution in [0.15, 0.2) is 48.5 Å². The number of carbonyl (C=O) groups excluding carboxylic acids is 1. The van der Waals surface area contributed by atoms with E-state index in [1.54, 1.807) is 12.1 Å². The molecule has 20 heavy (non-hydrogen) atoms. The molecule has 0 spiro atoms. The first-order chi connectivity index (χ1) is 9.54. The summed E-state index contributed by atoms with van der Waals surface area (Å²) in [7, 11) is 0. The lowest BCUT2D eigenvalue weighted by molar-refractivity contribution is -0.138. The summed E-state index contributed by atoms with van der Waals surface area (Å²) in [6, 6.07) is 15.0. The van der Waals surface area contributed by atoms with Crippen molar-refractivity contribution in [2.75, 3.05) is 5.73 Å². The summed E-state index contributed by atoms with van der Waals surface area (Å²) >= 11 is 0. The number of anilines is 1. The van der Waals surface area contributed by atoms with Gasteiger partial charge in [-0.25, -0.2) is 0 Å². The molecule has 2 rings (SSSR count). The molecule has 0 fully saturated rings. The maximum Gasteiger partial charge on any atom is 0.314 e. The second-order valence-electron chi connectivity index (χ2n) is 5.08. The molecule has 0 bridgehead atoms. The molecule has 104 valence electrons. The molecule has 2 aromatic rings. The summed E-state index contributed by atoms with van der Waals surface area (Å²) in [5, 5.41) is 0. The molecule has 0 radical (unpaired) electrons. The fourth-order valence-corrected chi connectivity index (χ4v) is 1.98. The zero-order chi connectivity index (χ0) is 14.5. The summed E-state index contributed by atoms with van der Waals surface area (Å²) in [6.07, 6.45) is 0.621. The molecule has 1 unspecified atom stereocenters. The molecule has 2 aromatic carbocycles. The molecule has 3 nitrogen and oxygen atoms in total. The van der Waals surface area contributed by atoms with E-state index in [0.29, 0.717) is 17.9 Å². The van der Waals surface area contributed by atoms with Gasteiger partial charge in [-0.3, -0.25) is 4.79 Å². The Labute approximate surface area is 119 Å². The Bertz CT molecular complexity index is 590. The van der Waals surface area contributed by atoms with Crippen LogP contribution in [0.5, 0.6) is 5.75 Å². The third kappa shape index (κ3) is 3.85. The van der Waals surface area contributed by atoms with Gasteiger partial charge in [-0.15, -0.1) is 0 Å². The van der Waals surface area contributed by atoms with Gasteiger partial charge in [-0.05, 0) is 43.2 Å². The third-order valence-corrected chi connectivity index (χ3v) is 3.13. The number of esters is 1. The molecular weight excluding hydrogens is 250 g/mol. The average molecular weight is 269 g/mol. The Morgan fingerprint density at radius 3 is 2.55 bits per heavy atom. The van der Waals surface area contributed by atoms with Gasteiger partial charge in [0.15, 0.2) is 0 Å². The number of carbonyl (C=O) groups is 1. The lowest BCUT2D eigenvalue weighted by atomic mass is 10.0. The predicted octanol–water partition coefficient (Wildman–Crippen LogP) is 3.36. The first-order valence-electron chi connectivity index (χ1n) is 6.67. The van der Waals surface area contributed by atoms with E-state index in [4.69, 9.17) is 10.5 Å². The first kappa shape index (κ1) is 14.1. The van der Waals surface area contributed by atoms with Crippen molar-refractivity contribution in [3.63, 3.8) is 0 Å². The number of nitrogen functional groups attached to an aromatic ring is 1. The molecule has 0 aliphatic carbocycles. The Hall–Kier alpha value is -2.29. The molecule has 2 N–H and O–H groups in total. The Morgan fingerprint density at radius 1 is 1.20 bits per heavy atom. The van der Waals surface area contributed by atoms with Gasteiger partial charge in [-0.2, -0.15) is 0 Å². The van der Waals surface area contributed by atoms with Gasteiger partial charge in [0.05, 0.1) is 5.92 Å². The van der Waals surface area contributed by atoms with Gasteiger partial charge in [-0.1, -0.05) is 36.8 Å². The van der Waals surface area contributed by atoms with Crippen LogP contribution < -0.4 is 10.5 Å². The highest BCUT2D eigenvalue weighted by molar-refractivity contribution is 5.75. The van der Waals surface area contributed by atoms with Crippen LogP contribution in [-0.2, 0) is 11.2 Å². The number of hydrogen-bond acceptors (Lipinski definition) is 3. The van der Waals surface area contributed by atoms with Gasteiger partial charge in [0.2, 0.25) is 0 Å². The topological polar surface area (TPSA) is 52.3 Å². The molecule has 0 aliphatic rings. The molecule has 0 heterocycles. The average Bonchev–Trinajstić information content (AvgIpc) is 2.41. The summed E-state index contributed by atoms with van der Waals surface area (Å²) in [5.74, 6) is 0.148. The lowest BCUT2D eigenvalue weighted by Crippen LogP contribution is -2.19. The van der Waals surface area contributed by atoms with E-state index >= 15 is 0 Å². The number of benzene rings is 2. The second-order valence-corrected chi connectivity index (χ2v) is 5.08. The summed E-state index contributed by atoms with van der Waals surface area (Å²) in [5.41, 5.74) is 8.62. The minimum absolute atomic E-state index is 0.210. The van der Waals surface area contributed by atoms with Crippen molar-refractivity contribution in [2.24, 2.45) is 5.92 Å². The van der Waals surface area contributed by atoms with Crippen LogP contribution >= 0.6 is 0 Å². The maximum absolute atomic E-state index is 12.0. The highest BCUT2D eigenvalue weighted by Gasteiger charge is 2.16. The van der Waals surface area contributed by atoms with Crippen LogP contribution in [0.3, 0.4) is 0 Å². The SMILES string of the molecule is Cc1ccc(OC(=O)C(C)Cc2cccc(N)c2)cc1. The van der Waals surface area contributed by atoms with Crippen molar-refractivity contribution in [3.8, 4) is 5.75 Å². The molecular formula is C17H19NO2. The van der Waals surface area contributed by atoms with E-state index < -0.39 is 0 Å². The van der Waals surface area contributed by atoms with Gasteiger partial charge >= 0.3 is 5.97 Å². The Morgan fingerprint density at radius 2 is 1.90 bits per heavy atom. The largest absolute Gasteiger partial charge is 0.426 e. The lowest BCUT2D eigenvalue weighted by Gasteiger charge is -2.11. The maximum atomic E-state index is 12.0. The second kappa shape index (κ2) is 6.24. The first-order valence-corrected chi connectivity index (χ1v) is 6.67. The van der Waals surface area contributed by atoms with Crippen LogP contribution in [0, 0.1) is 12.8 Å². The summed E-state index contributed by atoms with van der Waals surface area (Å²) in [4.78, 5) is 12.0. The van der Waals surface area contributed by atoms with Crippen LogP contribution in [-0.4, -0.2) is 5.97 Å². The van der Waals surface area contributed by atoms with Crippen molar-refractivity contribution >= 4 is 11.7 Å². The summed E-state index contributed by atoms with van der Waals surface area (Å²) < 4.78 is 5.36. The van der Waals surface area contributed by atoms with E-state index in [0.717, 1.165) is 11.1 Å². The van der Waals surface area contributed by atoms with Crippen molar-refractivity contribution < 1.29 is 9.53 Å². The van der Waals surface area contributed by atoms with Gasteiger partial charge < -0.3 is 10.5 Å². The van der Waals surface area contributed by atoms with E-state index in [9.17, 15) is 4.79 Å². The number of nitrogens with two attached hydrogens (primary N) is 1. The van der Waals surface area contributed by atoms with Crippen LogP contribution in [0.25, 0.3) is 0 Å². The Balaban J connectivity index is 1.96. The number of hydrogen-bond donors (Lipinski definition) is 1. The van der Waals surface area contributed by atoms with Crippen LogP contribution in [0.4, 0.5) is 5.69 Å². The van der Waals surface area contributed by atoms with Gasteiger partial charge in [0, 0.05) is 5.69 Å². The number of aryl methyl sites for hydroxylation is 1. The number of ether oxygens (including phenoxy) is 1. The fraction of sp³-hybridized carbons (Fsp3) is 0.235. The van der Waals surface area contributed by atoms with E-state index in [-0.39, 0.29) is 11.9 Å². The zero-order valence-electron chi connectivity index (χ0n) is 11.8. The van der Waals surface area contributed by atoms with Crippen molar-refractivity contribution in [2.45, 2.75) is 20.3 Å². The minimum atomic E-state index is -0.226. The van der Waals surface area contributed by atoms with Crippen LogP contribution in [0.1, 0.15) is 18.1 Å². The van der Waals surface area contributed by atoms with Gasteiger partial charge in [0.1, 0.15) is 5.75 Å². The quantitative estimate of drug-likeness (QED) is 0.526. The minimum Gasteiger partial charge on any atom is -0.426 e. The monoisotopic (exact) mass is 269 g/mol. The standard InChI is InChI=1S/C17H19NO2/c1-12-6-8-16(9-7-12)20-17(19)13(2)10-14-4-3-5-15(18)11-14/h3-9,11,13H,10,18H2,1-2H3. The summed E-state index contributed by atoms with van der Waals surface area (Å²) in [6.45, 7) is 3.85. The normalized spacial score (nSPS) is 11.9.